The summed E-state index contributed by atoms with van der Waals surface area (Å²) < 4.78 is 3.76. The van der Waals surface area contributed by atoms with Crippen molar-refractivity contribution in [2.24, 2.45) is 7.05 Å². The molecular weight excluding hydrogens is 216 g/mol. The topological polar surface area (TPSA) is 55.9 Å². The molecule has 0 fully saturated rings. The number of aryl methyl sites for hydroxylation is 3. The van der Waals surface area contributed by atoms with Crippen LogP contribution in [0.4, 0.5) is 0 Å². The van der Waals surface area contributed by atoms with Gasteiger partial charge in [-0.25, -0.2) is 4.98 Å². The van der Waals surface area contributed by atoms with Gasteiger partial charge in [-0.2, -0.15) is 5.10 Å². The molecule has 0 saturated heterocycles. The number of nitrogens with zero attached hydrogens (tertiary/aromatic N) is 4. The van der Waals surface area contributed by atoms with E-state index in [1.807, 2.05) is 42.4 Å². The monoisotopic (exact) mass is 234 g/mol. The molecule has 0 bridgehead atoms. The molecule has 0 radical (unpaired) electrons. The van der Waals surface area contributed by atoms with Crippen LogP contribution in [-0.2, 0) is 20.0 Å². The van der Waals surface area contributed by atoms with Crippen molar-refractivity contribution in [3.63, 3.8) is 0 Å². The van der Waals surface area contributed by atoms with Gasteiger partial charge in [0.05, 0.1) is 5.69 Å². The zero-order valence-corrected chi connectivity index (χ0v) is 10.5. The fraction of sp³-hybridized carbons (Fsp3) is 0.500. The van der Waals surface area contributed by atoms with E-state index in [9.17, 15) is 5.11 Å². The fourth-order valence-electron chi connectivity index (χ4n) is 2.02. The first-order valence-corrected chi connectivity index (χ1v) is 5.80. The van der Waals surface area contributed by atoms with Crippen LogP contribution in [0.1, 0.15) is 30.2 Å². The van der Waals surface area contributed by atoms with Crippen molar-refractivity contribution in [3.8, 4) is 0 Å². The highest BCUT2D eigenvalue weighted by molar-refractivity contribution is 5.12. The number of rotatable bonds is 4. The lowest BCUT2D eigenvalue weighted by molar-refractivity contribution is 0.162. The highest BCUT2D eigenvalue weighted by Gasteiger charge is 2.15. The molecule has 1 atom stereocenters. The Balaban J connectivity index is 2.18. The Labute approximate surface area is 101 Å². The molecule has 17 heavy (non-hydrogen) atoms. The highest BCUT2D eigenvalue weighted by atomic mass is 16.3. The normalized spacial score (nSPS) is 12.9. The summed E-state index contributed by atoms with van der Waals surface area (Å²) in [6, 6.07) is 2.01. The molecule has 0 aromatic carbocycles. The van der Waals surface area contributed by atoms with Crippen molar-refractivity contribution in [2.45, 2.75) is 32.9 Å². The Morgan fingerprint density at radius 1 is 1.47 bits per heavy atom. The average Bonchev–Trinajstić information content (AvgIpc) is 2.84. The minimum absolute atomic E-state index is 0.541. The molecule has 1 unspecified atom stereocenters. The van der Waals surface area contributed by atoms with E-state index in [-0.39, 0.29) is 0 Å². The molecule has 2 aromatic heterocycles. The van der Waals surface area contributed by atoms with Crippen LogP contribution < -0.4 is 0 Å². The molecule has 5 heteroatoms. The SMILES string of the molecule is CCn1nc(C)cc1CC(O)c1nccn1C. The summed E-state index contributed by atoms with van der Waals surface area (Å²) in [6.45, 7) is 4.82. The molecule has 0 aliphatic carbocycles. The Bertz CT molecular complexity index is 500. The van der Waals surface area contributed by atoms with Crippen LogP contribution in [0.25, 0.3) is 0 Å². The summed E-state index contributed by atoms with van der Waals surface area (Å²) in [4.78, 5) is 4.16. The Morgan fingerprint density at radius 3 is 2.82 bits per heavy atom. The number of hydrogen-bond acceptors (Lipinski definition) is 3. The molecular formula is C12H18N4O. The van der Waals surface area contributed by atoms with Gasteiger partial charge in [0.15, 0.2) is 0 Å². The van der Waals surface area contributed by atoms with E-state index in [4.69, 9.17) is 0 Å². The second-order valence-corrected chi connectivity index (χ2v) is 4.21. The molecule has 0 aliphatic heterocycles. The van der Waals surface area contributed by atoms with Gasteiger partial charge >= 0.3 is 0 Å². The maximum atomic E-state index is 10.1. The van der Waals surface area contributed by atoms with Crippen molar-refractivity contribution < 1.29 is 5.11 Å². The van der Waals surface area contributed by atoms with Crippen molar-refractivity contribution in [1.82, 2.24) is 19.3 Å². The van der Waals surface area contributed by atoms with E-state index in [1.165, 1.54) is 0 Å². The molecule has 0 aliphatic rings. The first-order chi connectivity index (χ1) is 8.11. The van der Waals surface area contributed by atoms with Crippen LogP contribution in [0.3, 0.4) is 0 Å². The maximum Gasteiger partial charge on any atom is 0.137 e. The fourth-order valence-corrected chi connectivity index (χ4v) is 2.02. The van der Waals surface area contributed by atoms with Crippen LogP contribution >= 0.6 is 0 Å². The molecule has 0 spiro atoms. The van der Waals surface area contributed by atoms with E-state index in [2.05, 4.69) is 10.1 Å². The van der Waals surface area contributed by atoms with Gasteiger partial charge in [0.25, 0.3) is 0 Å². The zero-order chi connectivity index (χ0) is 12.4. The minimum atomic E-state index is -0.587. The third kappa shape index (κ3) is 2.39. The smallest absolute Gasteiger partial charge is 0.137 e. The molecule has 0 amide bonds. The predicted molar refractivity (Wildman–Crippen MR) is 64.5 cm³/mol. The summed E-state index contributed by atoms with van der Waals surface area (Å²) in [6.07, 6.45) is 3.48. The van der Waals surface area contributed by atoms with Gasteiger partial charge in [0.2, 0.25) is 0 Å². The number of aliphatic hydroxyl groups is 1. The van der Waals surface area contributed by atoms with Crippen LogP contribution in [0.5, 0.6) is 0 Å². The van der Waals surface area contributed by atoms with Crippen molar-refractivity contribution in [3.05, 3.63) is 35.7 Å². The average molecular weight is 234 g/mol. The summed E-state index contributed by atoms with van der Waals surface area (Å²) in [5, 5.41) is 14.5. The van der Waals surface area contributed by atoms with E-state index < -0.39 is 6.10 Å². The number of aromatic nitrogens is 4. The first-order valence-electron chi connectivity index (χ1n) is 5.80. The minimum Gasteiger partial charge on any atom is -0.385 e. The largest absolute Gasteiger partial charge is 0.385 e. The quantitative estimate of drug-likeness (QED) is 0.865. The molecule has 1 N–H and O–H groups in total. The third-order valence-corrected chi connectivity index (χ3v) is 2.84. The summed E-state index contributed by atoms with van der Waals surface area (Å²) in [5.41, 5.74) is 2.02. The molecule has 2 heterocycles. The Kier molecular flexibility index (Phi) is 3.28. The van der Waals surface area contributed by atoms with E-state index >= 15 is 0 Å². The molecule has 2 aromatic rings. The van der Waals surface area contributed by atoms with Crippen molar-refractivity contribution in [1.29, 1.82) is 0 Å². The lowest BCUT2D eigenvalue weighted by Crippen LogP contribution is -2.11. The van der Waals surface area contributed by atoms with Crippen LogP contribution in [0.2, 0.25) is 0 Å². The van der Waals surface area contributed by atoms with E-state index in [0.717, 1.165) is 17.9 Å². The van der Waals surface area contributed by atoms with Gasteiger partial charge in [0.1, 0.15) is 11.9 Å². The van der Waals surface area contributed by atoms with Crippen LogP contribution in [-0.4, -0.2) is 24.4 Å². The third-order valence-electron chi connectivity index (χ3n) is 2.84. The van der Waals surface area contributed by atoms with Gasteiger partial charge < -0.3 is 9.67 Å². The first kappa shape index (κ1) is 11.9. The molecule has 92 valence electrons. The highest BCUT2D eigenvalue weighted by Crippen LogP contribution is 2.17. The van der Waals surface area contributed by atoms with E-state index in [0.29, 0.717) is 12.2 Å². The Hall–Kier alpha value is -1.62. The van der Waals surface area contributed by atoms with Gasteiger partial charge in [-0.3, -0.25) is 4.68 Å². The van der Waals surface area contributed by atoms with Crippen LogP contribution in [0.15, 0.2) is 18.5 Å². The lowest BCUT2D eigenvalue weighted by atomic mass is 10.2. The second-order valence-electron chi connectivity index (χ2n) is 4.21. The van der Waals surface area contributed by atoms with Gasteiger partial charge in [-0.1, -0.05) is 0 Å². The summed E-state index contributed by atoms with van der Waals surface area (Å²) in [7, 11) is 1.88. The van der Waals surface area contributed by atoms with Crippen molar-refractivity contribution >= 4 is 0 Å². The number of hydrogen-bond donors (Lipinski definition) is 1. The number of aliphatic hydroxyl groups excluding tert-OH is 1. The van der Waals surface area contributed by atoms with E-state index in [1.54, 1.807) is 6.20 Å². The number of imidazole rings is 1. The second kappa shape index (κ2) is 4.71. The standard InChI is InChI=1S/C12H18N4O/c1-4-16-10(7-9(2)14-16)8-11(17)12-13-5-6-15(12)3/h5-7,11,17H,4,8H2,1-3H3. The zero-order valence-electron chi connectivity index (χ0n) is 10.5. The molecule has 2 rings (SSSR count). The Morgan fingerprint density at radius 2 is 2.24 bits per heavy atom. The molecule has 0 saturated carbocycles. The lowest BCUT2D eigenvalue weighted by Gasteiger charge is -2.11. The molecule has 5 nitrogen and oxygen atoms in total. The predicted octanol–water partition coefficient (Wildman–Crippen LogP) is 1.22. The van der Waals surface area contributed by atoms with Crippen LogP contribution in [0, 0.1) is 6.92 Å². The summed E-state index contributed by atoms with van der Waals surface area (Å²) >= 11 is 0. The van der Waals surface area contributed by atoms with Gasteiger partial charge in [-0.05, 0) is 19.9 Å². The van der Waals surface area contributed by atoms with Crippen molar-refractivity contribution in [2.75, 3.05) is 0 Å². The summed E-state index contributed by atoms with van der Waals surface area (Å²) in [5.74, 6) is 0.687. The van der Waals surface area contributed by atoms with Gasteiger partial charge in [0, 0.05) is 38.1 Å². The van der Waals surface area contributed by atoms with Gasteiger partial charge in [-0.15, -0.1) is 0 Å². The maximum absolute atomic E-state index is 10.1.